The van der Waals surface area contributed by atoms with E-state index in [9.17, 15) is 19.1 Å². The molecule has 1 unspecified atom stereocenters. The van der Waals surface area contributed by atoms with E-state index in [0.29, 0.717) is 29.0 Å². The molecule has 5 aromatic rings. The van der Waals surface area contributed by atoms with Gasteiger partial charge in [-0.05, 0) is 43.7 Å². The second-order valence-corrected chi connectivity index (χ2v) is 9.29. The Morgan fingerprint density at radius 1 is 1.12 bits per heavy atom. The Bertz CT molecular complexity index is 1790. The summed E-state index contributed by atoms with van der Waals surface area (Å²) in [5.41, 5.74) is 0.524. The number of carbonyl (C=O) groups excluding carboxylic acids is 1. The number of halogens is 2. The van der Waals surface area contributed by atoms with E-state index < -0.39 is 23.0 Å². The van der Waals surface area contributed by atoms with Gasteiger partial charge in [-0.25, -0.2) is 13.8 Å². The molecule has 210 valence electrons. The predicted octanol–water partition coefficient (Wildman–Crippen LogP) is 4.92. The van der Waals surface area contributed by atoms with Crippen LogP contribution in [0, 0.1) is 11.6 Å². The van der Waals surface area contributed by atoms with Crippen LogP contribution in [0.4, 0.5) is 20.3 Å². The summed E-state index contributed by atoms with van der Waals surface area (Å²) in [4.78, 5) is 30.5. The maximum atomic E-state index is 15.1. The molecule has 5 rings (SSSR count). The van der Waals surface area contributed by atoms with Gasteiger partial charge in [-0.1, -0.05) is 12.1 Å². The number of benzene rings is 2. The van der Waals surface area contributed by atoms with Crippen molar-refractivity contribution in [3.05, 3.63) is 94.5 Å². The highest BCUT2D eigenvalue weighted by Crippen LogP contribution is 2.34. The van der Waals surface area contributed by atoms with Crippen LogP contribution in [0.5, 0.6) is 11.5 Å². The molecule has 41 heavy (non-hydrogen) atoms. The van der Waals surface area contributed by atoms with Crippen molar-refractivity contribution in [3.8, 4) is 22.6 Å². The van der Waals surface area contributed by atoms with Gasteiger partial charge in [0.2, 0.25) is 5.43 Å². The molecular weight excluding hydrogens is 534 g/mol. The van der Waals surface area contributed by atoms with Crippen LogP contribution in [0.2, 0.25) is 0 Å². The number of anilines is 2. The third-order valence-electron chi connectivity index (χ3n) is 6.33. The summed E-state index contributed by atoms with van der Waals surface area (Å²) in [7, 11) is 0. The van der Waals surface area contributed by atoms with E-state index in [1.807, 2.05) is 6.92 Å². The lowest BCUT2D eigenvalue weighted by atomic mass is 10.0. The number of aliphatic hydroxyl groups excluding tert-OH is 1. The highest BCUT2D eigenvalue weighted by molar-refractivity contribution is 6.04. The standard InChI is InChI=1S/C29H26F2N6O4/c1-3-37-13-20(17-4-6-18(30)7-5-17)26(39)21(14-37)29(40)34-19-8-9-23(22(31)12-19)41-24-10-11-32-27-25(24)28(36-35-27)33-16(2)15-38/h4-14,16,38H,3,15H2,1-2H3,(H,34,40)(H2,32,33,35,36). The smallest absolute Gasteiger partial charge is 0.261 e. The van der Waals surface area contributed by atoms with Gasteiger partial charge in [0.15, 0.2) is 23.0 Å². The van der Waals surface area contributed by atoms with Crippen molar-refractivity contribution >= 4 is 28.4 Å². The van der Waals surface area contributed by atoms with Crippen LogP contribution in [0.25, 0.3) is 22.2 Å². The molecule has 3 aromatic heterocycles. The third-order valence-corrected chi connectivity index (χ3v) is 6.33. The Morgan fingerprint density at radius 2 is 1.90 bits per heavy atom. The topological polar surface area (TPSA) is 134 Å². The number of pyridine rings is 2. The molecule has 0 radical (unpaired) electrons. The van der Waals surface area contributed by atoms with Gasteiger partial charge in [0.25, 0.3) is 5.91 Å². The van der Waals surface area contributed by atoms with Gasteiger partial charge in [-0.3, -0.25) is 14.7 Å². The van der Waals surface area contributed by atoms with Crippen LogP contribution < -0.4 is 20.8 Å². The number of aromatic amines is 1. The zero-order valence-electron chi connectivity index (χ0n) is 22.1. The minimum atomic E-state index is -0.763. The first-order valence-corrected chi connectivity index (χ1v) is 12.8. The summed E-state index contributed by atoms with van der Waals surface area (Å²) >= 11 is 0. The number of ether oxygens (including phenoxy) is 1. The molecule has 0 spiro atoms. The first-order valence-electron chi connectivity index (χ1n) is 12.8. The fraction of sp³-hybridized carbons (Fsp3) is 0.172. The molecule has 0 saturated heterocycles. The summed E-state index contributed by atoms with van der Waals surface area (Å²) in [5, 5.41) is 22.4. The summed E-state index contributed by atoms with van der Waals surface area (Å²) in [6, 6.07) is 10.5. The molecular formula is C29H26F2N6O4. The number of amides is 1. The van der Waals surface area contributed by atoms with Gasteiger partial charge < -0.3 is 25.0 Å². The minimum absolute atomic E-state index is 0.108. The average Bonchev–Trinajstić information content (AvgIpc) is 3.38. The Morgan fingerprint density at radius 3 is 2.61 bits per heavy atom. The number of aromatic nitrogens is 4. The van der Waals surface area contributed by atoms with E-state index in [-0.39, 0.29) is 41.0 Å². The van der Waals surface area contributed by atoms with E-state index >= 15 is 4.39 Å². The van der Waals surface area contributed by atoms with Gasteiger partial charge in [-0.15, -0.1) is 0 Å². The number of rotatable bonds is 9. The molecule has 2 aromatic carbocycles. The first-order chi connectivity index (χ1) is 19.8. The van der Waals surface area contributed by atoms with Gasteiger partial charge in [-0.2, -0.15) is 5.10 Å². The summed E-state index contributed by atoms with van der Waals surface area (Å²) in [6.07, 6.45) is 4.49. The van der Waals surface area contributed by atoms with Gasteiger partial charge in [0, 0.05) is 54.6 Å². The van der Waals surface area contributed by atoms with Gasteiger partial charge in [0.1, 0.15) is 22.5 Å². The Labute approximate surface area is 232 Å². The zero-order valence-corrected chi connectivity index (χ0v) is 22.1. The SMILES string of the molecule is CCn1cc(C(=O)Nc2ccc(Oc3ccnc4[nH]nc(NC(C)CO)c34)c(F)c2)c(=O)c(-c2ccc(F)cc2)c1. The Balaban J connectivity index is 1.40. The summed E-state index contributed by atoms with van der Waals surface area (Å²) < 4.78 is 36.0. The maximum absolute atomic E-state index is 15.1. The lowest BCUT2D eigenvalue weighted by Gasteiger charge is -2.13. The molecule has 4 N–H and O–H groups in total. The van der Waals surface area contributed by atoms with Crippen LogP contribution >= 0.6 is 0 Å². The van der Waals surface area contributed by atoms with Crippen molar-refractivity contribution in [2.75, 3.05) is 17.2 Å². The quantitative estimate of drug-likeness (QED) is 0.201. The largest absolute Gasteiger partial charge is 0.453 e. The maximum Gasteiger partial charge on any atom is 0.261 e. The summed E-state index contributed by atoms with van der Waals surface area (Å²) in [6.45, 7) is 3.96. The number of nitrogens with zero attached hydrogens (tertiary/aromatic N) is 3. The molecule has 0 bridgehead atoms. The van der Waals surface area contributed by atoms with Gasteiger partial charge in [0.05, 0.1) is 6.61 Å². The number of aliphatic hydroxyl groups is 1. The molecule has 1 amide bonds. The number of H-pyrrole nitrogens is 1. The van der Waals surface area contributed by atoms with Crippen molar-refractivity contribution in [1.29, 1.82) is 0 Å². The van der Waals surface area contributed by atoms with Crippen molar-refractivity contribution in [2.24, 2.45) is 0 Å². The first kappa shape index (κ1) is 27.5. The summed E-state index contributed by atoms with van der Waals surface area (Å²) in [5.74, 6) is -1.40. The van der Waals surface area contributed by atoms with E-state index in [2.05, 4.69) is 25.8 Å². The van der Waals surface area contributed by atoms with Crippen LogP contribution in [0.15, 0.2) is 71.9 Å². The molecule has 0 fully saturated rings. The van der Waals surface area contributed by atoms with E-state index in [1.165, 1.54) is 48.8 Å². The lowest BCUT2D eigenvalue weighted by Crippen LogP contribution is -2.24. The van der Waals surface area contributed by atoms with Crippen molar-refractivity contribution in [3.63, 3.8) is 0 Å². The minimum Gasteiger partial charge on any atom is -0.453 e. The number of nitrogens with one attached hydrogen (secondary N) is 3. The number of hydrogen-bond donors (Lipinski definition) is 4. The second-order valence-electron chi connectivity index (χ2n) is 9.29. The number of hydrogen-bond acceptors (Lipinski definition) is 7. The number of aryl methyl sites for hydroxylation is 1. The second kappa shape index (κ2) is 11.6. The number of carbonyl (C=O) groups is 1. The van der Waals surface area contributed by atoms with Gasteiger partial charge >= 0.3 is 0 Å². The molecule has 0 aliphatic heterocycles. The van der Waals surface area contributed by atoms with Crippen LogP contribution in [-0.2, 0) is 6.54 Å². The molecule has 10 nitrogen and oxygen atoms in total. The third kappa shape index (κ3) is 5.77. The van der Waals surface area contributed by atoms with E-state index in [0.717, 1.165) is 6.07 Å². The molecule has 0 saturated carbocycles. The van der Waals surface area contributed by atoms with Crippen LogP contribution in [-0.4, -0.2) is 43.4 Å². The average molecular weight is 561 g/mol. The molecule has 12 heteroatoms. The van der Waals surface area contributed by atoms with E-state index in [4.69, 9.17) is 4.74 Å². The lowest BCUT2D eigenvalue weighted by molar-refractivity contribution is 0.102. The fourth-order valence-corrected chi connectivity index (χ4v) is 4.18. The van der Waals surface area contributed by atoms with Crippen LogP contribution in [0.1, 0.15) is 24.2 Å². The Kier molecular flexibility index (Phi) is 7.74. The normalized spacial score (nSPS) is 11.8. The highest BCUT2D eigenvalue weighted by atomic mass is 19.1. The van der Waals surface area contributed by atoms with Crippen LogP contribution in [0.3, 0.4) is 0 Å². The van der Waals surface area contributed by atoms with E-state index in [1.54, 1.807) is 23.8 Å². The van der Waals surface area contributed by atoms with Crippen molar-refractivity contribution in [1.82, 2.24) is 19.7 Å². The van der Waals surface area contributed by atoms with Crippen molar-refractivity contribution in [2.45, 2.75) is 26.4 Å². The van der Waals surface area contributed by atoms with Crippen molar-refractivity contribution < 1.29 is 23.4 Å². The fourth-order valence-electron chi connectivity index (χ4n) is 4.18. The molecule has 0 aliphatic rings. The predicted molar refractivity (Wildman–Crippen MR) is 150 cm³/mol. The monoisotopic (exact) mass is 560 g/mol. The number of fused-ring (bicyclic) bond motifs is 1. The molecule has 1 atom stereocenters. The highest BCUT2D eigenvalue weighted by Gasteiger charge is 2.19. The zero-order chi connectivity index (χ0) is 29.1. The molecule has 0 aliphatic carbocycles. The molecule has 3 heterocycles. The Hall–Kier alpha value is -5.10.